The van der Waals surface area contributed by atoms with Crippen LogP contribution in [-0.4, -0.2) is 9.13 Å². The number of halogens is 3. The standard InChI is InChI=1S/C55H37F3N4/c1-32-17-21-39(34(3)25-32)36-19-23-43-41-11-6-8-15-48(41)61(50(43)27-36)52-29-38(54-46(55(56,57)58)13-10-14-47(54)60-5)30-53(45(52)31-59)62-49-16-9-7-12-42(49)44-24-20-37(28-51(44)62)40-22-18-33(2)26-35(40)4/h6-30H,1-4H3. The molecule has 0 fully saturated rings. The molecule has 0 unspecified atom stereocenters. The molecule has 0 atom stereocenters. The van der Waals surface area contributed by atoms with Gasteiger partial charge in [-0.1, -0.05) is 126 Å². The lowest BCUT2D eigenvalue weighted by Crippen LogP contribution is -2.09. The molecule has 0 saturated carbocycles. The Morgan fingerprint density at radius 3 is 1.45 bits per heavy atom. The van der Waals surface area contributed by atoms with Crippen molar-refractivity contribution in [3.8, 4) is 50.8 Å². The van der Waals surface area contributed by atoms with Crippen molar-refractivity contribution in [3.05, 3.63) is 196 Å². The highest BCUT2D eigenvalue weighted by Crippen LogP contribution is 2.47. The number of nitrogens with zero attached hydrogens (tertiary/aromatic N) is 4. The average molecular weight is 811 g/mol. The zero-order valence-corrected chi connectivity index (χ0v) is 34.4. The van der Waals surface area contributed by atoms with E-state index in [-0.39, 0.29) is 22.4 Å². The van der Waals surface area contributed by atoms with Gasteiger partial charge in [0.1, 0.15) is 11.6 Å². The molecule has 0 radical (unpaired) electrons. The van der Waals surface area contributed by atoms with Crippen molar-refractivity contribution in [2.24, 2.45) is 0 Å². The van der Waals surface area contributed by atoms with Crippen molar-refractivity contribution in [1.82, 2.24) is 9.13 Å². The molecular formula is C55H37F3N4. The van der Waals surface area contributed by atoms with Crippen LogP contribution in [0.4, 0.5) is 18.9 Å². The third-order valence-corrected chi connectivity index (χ3v) is 12.2. The van der Waals surface area contributed by atoms with Gasteiger partial charge in [0.25, 0.3) is 0 Å². The van der Waals surface area contributed by atoms with Gasteiger partial charge in [0, 0.05) is 21.5 Å². The molecule has 0 aliphatic carbocycles. The Bertz CT molecular complexity index is 3400. The van der Waals surface area contributed by atoms with Crippen molar-refractivity contribution in [1.29, 1.82) is 5.26 Å². The van der Waals surface area contributed by atoms with Crippen LogP contribution < -0.4 is 0 Å². The van der Waals surface area contributed by atoms with Crippen molar-refractivity contribution in [3.63, 3.8) is 0 Å². The highest BCUT2D eigenvalue weighted by molar-refractivity contribution is 6.12. The first-order valence-corrected chi connectivity index (χ1v) is 20.3. The van der Waals surface area contributed by atoms with Gasteiger partial charge in [-0.05, 0) is 109 Å². The van der Waals surface area contributed by atoms with Gasteiger partial charge in [0.2, 0.25) is 0 Å². The number of rotatable bonds is 5. The second-order valence-corrected chi connectivity index (χ2v) is 16.1. The largest absolute Gasteiger partial charge is 0.415 e. The highest BCUT2D eigenvalue weighted by atomic mass is 19.4. The Balaban J connectivity index is 1.38. The zero-order valence-electron chi connectivity index (χ0n) is 34.4. The Kier molecular flexibility index (Phi) is 8.91. The number of aromatic nitrogens is 2. The van der Waals surface area contributed by atoms with Gasteiger partial charge in [-0.15, -0.1) is 0 Å². The van der Waals surface area contributed by atoms with Crippen molar-refractivity contribution >= 4 is 49.3 Å². The van der Waals surface area contributed by atoms with E-state index in [0.29, 0.717) is 11.4 Å². The molecule has 8 aromatic carbocycles. The van der Waals surface area contributed by atoms with Gasteiger partial charge in [-0.3, -0.25) is 0 Å². The minimum atomic E-state index is -4.77. The Hall–Kier alpha value is -7.87. The monoisotopic (exact) mass is 810 g/mol. The maximum Gasteiger partial charge on any atom is 0.415 e. The molecule has 0 bridgehead atoms. The molecule has 10 rings (SSSR count). The van der Waals surface area contributed by atoms with Crippen LogP contribution in [0.25, 0.3) is 93.2 Å². The van der Waals surface area contributed by atoms with Crippen molar-refractivity contribution in [2.75, 3.05) is 0 Å². The summed E-state index contributed by atoms with van der Waals surface area (Å²) in [5.74, 6) is 0. The topological polar surface area (TPSA) is 38.0 Å². The van der Waals surface area contributed by atoms with Crippen LogP contribution in [0.1, 0.15) is 33.4 Å². The molecule has 2 aromatic heterocycles. The molecule has 4 nitrogen and oxygen atoms in total. The van der Waals surface area contributed by atoms with E-state index in [2.05, 4.69) is 111 Å². The summed E-state index contributed by atoms with van der Waals surface area (Å²) < 4.78 is 49.4. The van der Waals surface area contributed by atoms with Gasteiger partial charge in [0.05, 0.1) is 45.6 Å². The molecule has 0 spiro atoms. The summed E-state index contributed by atoms with van der Waals surface area (Å²) in [5, 5.41) is 15.2. The summed E-state index contributed by atoms with van der Waals surface area (Å²) in [6.45, 7) is 16.4. The molecule has 2 heterocycles. The van der Waals surface area contributed by atoms with E-state index >= 15 is 13.2 Å². The fourth-order valence-corrected chi connectivity index (χ4v) is 9.47. The molecule has 0 saturated heterocycles. The van der Waals surface area contributed by atoms with Gasteiger partial charge < -0.3 is 9.13 Å². The van der Waals surface area contributed by atoms with Crippen LogP contribution in [0.3, 0.4) is 0 Å². The highest BCUT2D eigenvalue weighted by Gasteiger charge is 2.35. The lowest BCUT2D eigenvalue weighted by atomic mass is 9.94. The van der Waals surface area contributed by atoms with Gasteiger partial charge in [-0.2, -0.15) is 18.4 Å². The number of hydrogen-bond donors (Lipinski definition) is 0. The van der Waals surface area contributed by atoms with E-state index < -0.39 is 11.7 Å². The molecule has 0 N–H and O–H groups in total. The van der Waals surface area contributed by atoms with Crippen LogP contribution >= 0.6 is 0 Å². The predicted octanol–water partition coefficient (Wildman–Crippen LogP) is 15.6. The van der Waals surface area contributed by atoms with Crippen LogP contribution in [0.2, 0.25) is 0 Å². The smallest absolute Gasteiger partial charge is 0.308 e. The molecule has 10 aromatic rings. The number of fused-ring (bicyclic) bond motifs is 6. The lowest BCUT2D eigenvalue weighted by molar-refractivity contribution is -0.137. The maximum atomic E-state index is 15.1. The number of alkyl halides is 3. The third kappa shape index (κ3) is 6.05. The van der Waals surface area contributed by atoms with E-state index in [1.807, 2.05) is 57.7 Å². The number of hydrogen-bond acceptors (Lipinski definition) is 1. The second-order valence-electron chi connectivity index (χ2n) is 16.1. The molecule has 0 aliphatic rings. The van der Waals surface area contributed by atoms with Crippen molar-refractivity contribution in [2.45, 2.75) is 33.9 Å². The lowest BCUT2D eigenvalue weighted by Gasteiger charge is -2.21. The maximum absolute atomic E-state index is 15.1. The molecule has 0 aliphatic heterocycles. The first-order valence-electron chi connectivity index (χ1n) is 20.3. The minimum absolute atomic E-state index is 0.139. The summed E-state index contributed by atoms with van der Waals surface area (Å²) >= 11 is 0. The third-order valence-electron chi connectivity index (χ3n) is 12.2. The van der Waals surface area contributed by atoms with Gasteiger partial charge >= 0.3 is 6.18 Å². The fourth-order valence-electron chi connectivity index (χ4n) is 9.47. The number of benzene rings is 8. The summed E-state index contributed by atoms with van der Waals surface area (Å²) in [7, 11) is 0. The minimum Gasteiger partial charge on any atom is -0.308 e. The summed E-state index contributed by atoms with van der Waals surface area (Å²) in [5.41, 5.74) is 11.6. The van der Waals surface area contributed by atoms with Gasteiger partial charge in [-0.25, -0.2) is 4.85 Å². The molecule has 298 valence electrons. The first kappa shape index (κ1) is 38.3. The number of para-hydroxylation sites is 2. The average Bonchev–Trinajstić information content (AvgIpc) is 3.77. The van der Waals surface area contributed by atoms with Crippen LogP contribution in [0, 0.1) is 45.6 Å². The first-order chi connectivity index (χ1) is 29.9. The Labute approximate surface area is 356 Å². The summed E-state index contributed by atoms with van der Waals surface area (Å²) in [6.07, 6.45) is -4.77. The van der Waals surface area contributed by atoms with Crippen LogP contribution in [0.15, 0.2) is 152 Å². The zero-order chi connectivity index (χ0) is 43.0. The van der Waals surface area contributed by atoms with Crippen LogP contribution in [-0.2, 0) is 6.18 Å². The Morgan fingerprint density at radius 1 is 0.516 bits per heavy atom. The number of aryl methyl sites for hydroxylation is 4. The predicted molar refractivity (Wildman–Crippen MR) is 246 cm³/mol. The van der Waals surface area contributed by atoms with Crippen LogP contribution in [0.5, 0.6) is 0 Å². The molecular weight excluding hydrogens is 774 g/mol. The number of nitriles is 1. The van der Waals surface area contributed by atoms with Gasteiger partial charge in [0.15, 0.2) is 5.69 Å². The second kappa shape index (κ2) is 14.4. The van der Waals surface area contributed by atoms with E-state index in [4.69, 9.17) is 6.57 Å². The summed E-state index contributed by atoms with van der Waals surface area (Å²) in [6, 6.07) is 50.6. The van der Waals surface area contributed by atoms with Crippen molar-refractivity contribution < 1.29 is 13.2 Å². The Morgan fingerprint density at radius 2 is 1.00 bits per heavy atom. The fraction of sp³-hybridized carbons (Fsp3) is 0.0909. The molecule has 0 amide bonds. The van der Waals surface area contributed by atoms with E-state index in [0.717, 1.165) is 94.2 Å². The summed E-state index contributed by atoms with van der Waals surface area (Å²) in [4.78, 5) is 3.64. The van der Waals surface area contributed by atoms with E-state index in [1.54, 1.807) is 12.1 Å². The normalized spacial score (nSPS) is 11.8. The SMILES string of the molecule is [C-]#[N+]c1cccc(C(F)(F)F)c1-c1cc(-n2c3ccccc3c3ccc(-c4ccc(C)cc4C)cc32)c(C#N)c(-n2c3ccccc3c3ccc(-c4ccc(C)cc4C)cc32)c1. The van der Waals surface area contributed by atoms with E-state index in [1.165, 1.54) is 12.1 Å². The molecule has 7 heteroatoms. The quantitative estimate of drug-likeness (QED) is 0.160. The molecule has 62 heavy (non-hydrogen) atoms. The van der Waals surface area contributed by atoms with E-state index in [9.17, 15) is 5.26 Å².